The van der Waals surface area contributed by atoms with Crippen LogP contribution in [0, 0.1) is 5.82 Å². The summed E-state index contributed by atoms with van der Waals surface area (Å²) in [6, 6.07) is 8.85. The maximum absolute atomic E-state index is 15.2. The van der Waals surface area contributed by atoms with Crippen LogP contribution in [0.25, 0.3) is 22.3 Å². The van der Waals surface area contributed by atoms with Crippen LogP contribution in [0.1, 0.15) is 25.7 Å². The first-order valence-electron chi connectivity index (χ1n) is 12.8. The molecule has 2 aromatic carbocycles. The molecule has 2 heterocycles. The van der Waals surface area contributed by atoms with E-state index >= 15 is 4.39 Å². The maximum atomic E-state index is 15.2. The maximum Gasteiger partial charge on any atom is 0.227 e. The summed E-state index contributed by atoms with van der Waals surface area (Å²) in [4.78, 5) is 17.7. The van der Waals surface area contributed by atoms with Crippen molar-refractivity contribution in [1.82, 2.24) is 24.4 Å². The topological polar surface area (TPSA) is 107 Å². The van der Waals surface area contributed by atoms with Gasteiger partial charge in [-0.15, -0.1) is 0 Å². The smallest absolute Gasteiger partial charge is 0.227 e. The molecule has 0 aliphatic carbocycles. The first-order chi connectivity index (χ1) is 18.6. The van der Waals surface area contributed by atoms with Gasteiger partial charge in [-0.2, -0.15) is 0 Å². The van der Waals surface area contributed by atoms with E-state index in [9.17, 15) is 0 Å². The van der Waals surface area contributed by atoms with Crippen molar-refractivity contribution < 1.29 is 13.9 Å². The molecule has 0 unspecified atom stereocenters. The zero-order chi connectivity index (χ0) is 28.3. The summed E-state index contributed by atoms with van der Waals surface area (Å²) in [7, 11) is 9.26. The van der Waals surface area contributed by atoms with Crippen molar-refractivity contribution in [1.29, 1.82) is 0 Å². The van der Waals surface area contributed by atoms with E-state index in [0.29, 0.717) is 57.8 Å². The Labute approximate surface area is 228 Å². The predicted molar refractivity (Wildman–Crippen MR) is 154 cm³/mol. The molecule has 4 aromatic rings. The van der Waals surface area contributed by atoms with Gasteiger partial charge in [0.05, 0.1) is 35.4 Å². The third-order valence-corrected chi connectivity index (χ3v) is 6.45. The number of aromatic nitrogens is 4. The van der Waals surface area contributed by atoms with Gasteiger partial charge < -0.3 is 34.9 Å². The second kappa shape index (κ2) is 11.8. The third-order valence-electron chi connectivity index (χ3n) is 6.45. The van der Waals surface area contributed by atoms with Gasteiger partial charge in [-0.05, 0) is 52.2 Å². The lowest BCUT2D eigenvalue weighted by molar-refractivity contribution is 0.173. The van der Waals surface area contributed by atoms with E-state index in [4.69, 9.17) is 15.2 Å². The van der Waals surface area contributed by atoms with E-state index < -0.39 is 5.82 Å². The number of rotatable bonds is 11. The number of nitrogens with two attached hydrogens (primary N) is 1. The van der Waals surface area contributed by atoms with Gasteiger partial charge in [0, 0.05) is 51.1 Å². The van der Waals surface area contributed by atoms with Crippen molar-refractivity contribution in [2.24, 2.45) is 0 Å². The highest BCUT2D eigenvalue weighted by Crippen LogP contribution is 2.36. The van der Waals surface area contributed by atoms with Crippen molar-refractivity contribution in [2.45, 2.75) is 26.5 Å². The SMILES string of the molecule is COCc1nc2c(F)cc(-c3ccnc(Nc4cc(N)c(N(C)CCN(C)C)cc4OC)n3)cc2n1C(C)C. The van der Waals surface area contributed by atoms with Crippen LogP contribution in [-0.4, -0.2) is 72.9 Å². The van der Waals surface area contributed by atoms with Crippen LogP contribution in [0.4, 0.5) is 27.4 Å². The molecule has 0 atom stereocenters. The quantitative estimate of drug-likeness (QED) is 0.264. The zero-order valence-corrected chi connectivity index (χ0v) is 23.6. The lowest BCUT2D eigenvalue weighted by Crippen LogP contribution is -2.29. The summed E-state index contributed by atoms with van der Waals surface area (Å²) in [5.74, 6) is 1.18. The van der Waals surface area contributed by atoms with Crippen molar-refractivity contribution in [3.8, 4) is 17.0 Å². The van der Waals surface area contributed by atoms with Crippen LogP contribution in [0.15, 0.2) is 36.5 Å². The number of nitrogen functional groups attached to an aromatic ring is 1. The molecule has 4 rings (SSSR count). The van der Waals surface area contributed by atoms with Crippen LogP contribution in [0.3, 0.4) is 0 Å². The van der Waals surface area contributed by atoms with Crippen LogP contribution in [-0.2, 0) is 11.3 Å². The zero-order valence-electron chi connectivity index (χ0n) is 23.6. The van der Waals surface area contributed by atoms with E-state index in [-0.39, 0.29) is 6.04 Å². The molecule has 0 fully saturated rings. The number of methoxy groups -OCH3 is 2. The van der Waals surface area contributed by atoms with E-state index in [2.05, 4.69) is 30.1 Å². The minimum Gasteiger partial charge on any atom is -0.494 e. The molecule has 3 N–H and O–H groups in total. The summed E-state index contributed by atoms with van der Waals surface area (Å²) in [6.07, 6.45) is 1.63. The molecule has 0 amide bonds. The van der Waals surface area contributed by atoms with Gasteiger partial charge in [0.15, 0.2) is 5.82 Å². The normalized spacial score (nSPS) is 11.5. The minimum atomic E-state index is -0.421. The molecule has 0 saturated carbocycles. The van der Waals surface area contributed by atoms with E-state index in [0.717, 1.165) is 18.8 Å². The Hall–Kier alpha value is -3.96. The molecule has 0 bridgehead atoms. The molecular weight excluding hydrogens is 499 g/mol. The number of nitrogens with zero attached hydrogens (tertiary/aromatic N) is 6. The second-order valence-electron chi connectivity index (χ2n) is 9.98. The van der Waals surface area contributed by atoms with Crippen molar-refractivity contribution >= 4 is 34.0 Å². The highest BCUT2D eigenvalue weighted by atomic mass is 19.1. The number of benzene rings is 2. The standard InChI is InChI=1S/C28H37FN8O2/c1-17(2)37-24-13-18(12-19(29)27(24)34-26(37)16-38-6)21-8-9-31-28(32-21)33-22-14-20(30)23(15-25(22)39-7)36(5)11-10-35(3)4/h8-9,12-15,17H,10-11,16,30H2,1-7H3,(H,31,32,33). The molecule has 0 saturated heterocycles. The minimum absolute atomic E-state index is 0.0697. The van der Waals surface area contributed by atoms with Crippen molar-refractivity contribution in [3.05, 3.63) is 48.2 Å². The molecule has 0 spiro atoms. The van der Waals surface area contributed by atoms with Gasteiger partial charge in [-0.25, -0.2) is 19.3 Å². The molecule has 39 heavy (non-hydrogen) atoms. The summed E-state index contributed by atoms with van der Waals surface area (Å²) in [5, 5.41) is 3.21. The third kappa shape index (κ3) is 6.04. The molecule has 10 nitrogen and oxygen atoms in total. The highest BCUT2D eigenvalue weighted by molar-refractivity contribution is 5.83. The fourth-order valence-corrected chi connectivity index (χ4v) is 4.51. The van der Waals surface area contributed by atoms with E-state index in [1.54, 1.807) is 32.5 Å². The second-order valence-corrected chi connectivity index (χ2v) is 9.98. The Balaban J connectivity index is 1.67. The fraction of sp³-hybridized carbons (Fsp3) is 0.393. The van der Waals surface area contributed by atoms with Gasteiger partial charge in [0.2, 0.25) is 5.95 Å². The summed E-state index contributed by atoms with van der Waals surface area (Å²) in [6.45, 7) is 6.04. The van der Waals surface area contributed by atoms with Gasteiger partial charge >= 0.3 is 0 Å². The summed E-state index contributed by atoms with van der Waals surface area (Å²) in [5.41, 5.74) is 10.7. The average molecular weight is 537 g/mol. The number of anilines is 4. The molecular formula is C28H37FN8O2. The van der Waals surface area contributed by atoms with Gasteiger partial charge in [-0.1, -0.05) is 0 Å². The number of hydrogen-bond acceptors (Lipinski definition) is 9. The average Bonchev–Trinajstić information content (AvgIpc) is 3.26. The monoisotopic (exact) mass is 536 g/mol. The van der Waals surface area contributed by atoms with Crippen molar-refractivity contribution in [2.75, 3.05) is 64.4 Å². The van der Waals surface area contributed by atoms with Gasteiger partial charge in [-0.3, -0.25) is 0 Å². The van der Waals surface area contributed by atoms with Gasteiger partial charge in [0.25, 0.3) is 0 Å². The molecule has 208 valence electrons. The number of likely N-dealkylation sites (N-methyl/N-ethyl adjacent to an activating group) is 2. The van der Waals surface area contributed by atoms with E-state index in [1.807, 2.05) is 51.7 Å². The van der Waals surface area contributed by atoms with Crippen LogP contribution in [0.5, 0.6) is 5.75 Å². The predicted octanol–water partition coefficient (Wildman–Crippen LogP) is 4.69. The van der Waals surface area contributed by atoms with E-state index in [1.165, 1.54) is 6.07 Å². The number of nitrogens with one attached hydrogen (secondary N) is 1. The molecule has 2 aromatic heterocycles. The Kier molecular flexibility index (Phi) is 8.51. The number of fused-ring (bicyclic) bond motifs is 1. The highest BCUT2D eigenvalue weighted by Gasteiger charge is 2.19. The number of ether oxygens (including phenoxy) is 2. The lowest BCUT2D eigenvalue weighted by Gasteiger charge is -2.24. The number of hydrogen-bond donors (Lipinski definition) is 2. The molecule has 0 aliphatic heterocycles. The summed E-state index contributed by atoms with van der Waals surface area (Å²) >= 11 is 0. The number of halogens is 1. The first-order valence-corrected chi connectivity index (χ1v) is 12.8. The first kappa shape index (κ1) is 28.1. The van der Waals surface area contributed by atoms with Crippen LogP contribution < -0.4 is 20.7 Å². The van der Waals surface area contributed by atoms with Crippen LogP contribution in [0.2, 0.25) is 0 Å². The number of imidazole rings is 1. The summed E-state index contributed by atoms with van der Waals surface area (Å²) < 4.78 is 28.1. The van der Waals surface area contributed by atoms with Crippen LogP contribution >= 0.6 is 0 Å². The molecule has 0 aliphatic rings. The molecule has 11 heteroatoms. The largest absolute Gasteiger partial charge is 0.494 e. The van der Waals surface area contributed by atoms with Gasteiger partial charge in [0.1, 0.15) is 23.7 Å². The van der Waals surface area contributed by atoms with Crippen molar-refractivity contribution in [3.63, 3.8) is 0 Å². The Morgan fingerprint density at radius 1 is 1.08 bits per heavy atom. The Morgan fingerprint density at radius 2 is 1.85 bits per heavy atom. The lowest BCUT2D eigenvalue weighted by atomic mass is 10.1. The molecule has 0 radical (unpaired) electrons. The fourth-order valence-electron chi connectivity index (χ4n) is 4.51. The Bertz CT molecular complexity index is 1450. The Morgan fingerprint density at radius 3 is 2.51 bits per heavy atom.